The van der Waals surface area contributed by atoms with Crippen molar-refractivity contribution >= 4 is 17.2 Å². The van der Waals surface area contributed by atoms with Gasteiger partial charge in [0.15, 0.2) is 0 Å². The standard InChI is InChI=1S/C18H12N6/c19-11-13-4-3-5-14(10-13)22-18-20-8-7-16(23-18)15-12-21-24-9-2-1-6-17(15)24/h1-10,12H,(H,20,22,23). The van der Waals surface area contributed by atoms with E-state index in [0.717, 1.165) is 22.5 Å². The molecule has 4 rings (SSSR count). The maximum absolute atomic E-state index is 8.98. The van der Waals surface area contributed by atoms with Crippen LogP contribution in [0, 0.1) is 11.3 Å². The molecule has 0 saturated heterocycles. The predicted octanol–water partition coefficient (Wildman–Crippen LogP) is 3.41. The minimum absolute atomic E-state index is 0.470. The second kappa shape index (κ2) is 5.82. The average molecular weight is 312 g/mol. The van der Waals surface area contributed by atoms with Crippen molar-refractivity contribution < 1.29 is 0 Å². The minimum Gasteiger partial charge on any atom is -0.324 e. The fourth-order valence-corrected chi connectivity index (χ4v) is 2.50. The van der Waals surface area contributed by atoms with E-state index in [4.69, 9.17) is 5.26 Å². The van der Waals surface area contributed by atoms with E-state index in [9.17, 15) is 0 Å². The monoisotopic (exact) mass is 312 g/mol. The lowest BCUT2D eigenvalue weighted by Gasteiger charge is -2.06. The molecule has 1 aromatic carbocycles. The maximum Gasteiger partial charge on any atom is 0.227 e. The Kier molecular flexibility index (Phi) is 3.37. The molecular formula is C18H12N6. The van der Waals surface area contributed by atoms with Crippen LogP contribution in [0.3, 0.4) is 0 Å². The Bertz CT molecular complexity index is 1060. The van der Waals surface area contributed by atoms with Gasteiger partial charge in [-0.1, -0.05) is 12.1 Å². The predicted molar refractivity (Wildman–Crippen MR) is 90.7 cm³/mol. The SMILES string of the molecule is N#Cc1cccc(Nc2nccc(-c3cnn4ccccc34)n2)c1. The number of nitrogens with one attached hydrogen (secondary N) is 1. The molecule has 0 bridgehead atoms. The molecule has 0 amide bonds. The van der Waals surface area contributed by atoms with Gasteiger partial charge in [0.2, 0.25) is 5.95 Å². The normalized spacial score (nSPS) is 10.5. The lowest BCUT2D eigenvalue weighted by molar-refractivity contribution is 0.961. The number of pyridine rings is 1. The number of rotatable bonds is 3. The highest BCUT2D eigenvalue weighted by atomic mass is 15.2. The summed E-state index contributed by atoms with van der Waals surface area (Å²) < 4.78 is 1.81. The second-order valence-electron chi connectivity index (χ2n) is 5.17. The van der Waals surface area contributed by atoms with E-state index >= 15 is 0 Å². The number of fused-ring (bicyclic) bond motifs is 1. The summed E-state index contributed by atoms with van der Waals surface area (Å²) in [7, 11) is 0. The summed E-state index contributed by atoms with van der Waals surface area (Å²) >= 11 is 0. The summed E-state index contributed by atoms with van der Waals surface area (Å²) in [6, 6.07) is 17.0. The third-order valence-electron chi connectivity index (χ3n) is 3.61. The van der Waals surface area contributed by atoms with Crippen LogP contribution in [-0.2, 0) is 0 Å². The Morgan fingerprint density at radius 3 is 2.96 bits per heavy atom. The van der Waals surface area contributed by atoms with Gasteiger partial charge in [-0.3, -0.25) is 0 Å². The number of benzene rings is 1. The van der Waals surface area contributed by atoms with E-state index in [1.807, 2.05) is 42.6 Å². The average Bonchev–Trinajstić information content (AvgIpc) is 3.06. The quantitative estimate of drug-likeness (QED) is 0.627. The molecule has 0 aliphatic heterocycles. The molecular weight excluding hydrogens is 300 g/mol. The molecule has 3 aromatic heterocycles. The van der Waals surface area contributed by atoms with Gasteiger partial charge < -0.3 is 5.32 Å². The van der Waals surface area contributed by atoms with Crippen LogP contribution >= 0.6 is 0 Å². The van der Waals surface area contributed by atoms with Crippen LogP contribution in [0.1, 0.15) is 5.56 Å². The Morgan fingerprint density at radius 1 is 1.08 bits per heavy atom. The lowest BCUT2D eigenvalue weighted by atomic mass is 10.2. The van der Waals surface area contributed by atoms with Gasteiger partial charge in [0.1, 0.15) is 0 Å². The molecule has 6 heteroatoms. The molecule has 0 aliphatic carbocycles. The van der Waals surface area contributed by atoms with Crippen molar-refractivity contribution in [3.63, 3.8) is 0 Å². The first-order valence-electron chi connectivity index (χ1n) is 7.36. The number of nitrogens with zero attached hydrogens (tertiary/aromatic N) is 5. The van der Waals surface area contributed by atoms with E-state index in [2.05, 4.69) is 26.5 Å². The largest absolute Gasteiger partial charge is 0.324 e. The third-order valence-corrected chi connectivity index (χ3v) is 3.61. The summed E-state index contributed by atoms with van der Waals surface area (Å²) in [6.45, 7) is 0. The number of anilines is 2. The highest BCUT2D eigenvalue weighted by Gasteiger charge is 2.09. The van der Waals surface area contributed by atoms with Crippen LogP contribution in [0.4, 0.5) is 11.6 Å². The molecule has 0 atom stereocenters. The summed E-state index contributed by atoms with van der Waals surface area (Å²) in [5.74, 6) is 0.470. The van der Waals surface area contributed by atoms with E-state index in [-0.39, 0.29) is 0 Å². The van der Waals surface area contributed by atoms with Crippen molar-refractivity contribution in [1.29, 1.82) is 5.26 Å². The summed E-state index contributed by atoms with van der Waals surface area (Å²) in [5.41, 5.74) is 4.05. The first-order chi connectivity index (χ1) is 11.8. The number of nitriles is 1. The van der Waals surface area contributed by atoms with Crippen LogP contribution in [0.25, 0.3) is 16.8 Å². The van der Waals surface area contributed by atoms with Gasteiger partial charge in [0.25, 0.3) is 0 Å². The van der Waals surface area contributed by atoms with Crippen LogP contribution in [0.15, 0.2) is 67.1 Å². The molecule has 114 valence electrons. The lowest BCUT2D eigenvalue weighted by Crippen LogP contribution is -1.98. The van der Waals surface area contributed by atoms with E-state index in [1.165, 1.54) is 0 Å². The highest BCUT2D eigenvalue weighted by molar-refractivity contribution is 5.78. The van der Waals surface area contributed by atoms with Crippen LogP contribution < -0.4 is 5.32 Å². The molecule has 0 radical (unpaired) electrons. The van der Waals surface area contributed by atoms with Crippen molar-refractivity contribution in [2.45, 2.75) is 0 Å². The van der Waals surface area contributed by atoms with Crippen LogP contribution in [0.2, 0.25) is 0 Å². The van der Waals surface area contributed by atoms with E-state index < -0.39 is 0 Å². The summed E-state index contributed by atoms with van der Waals surface area (Å²) in [6.07, 6.45) is 5.38. The molecule has 0 fully saturated rings. The number of aromatic nitrogens is 4. The van der Waals surface area contributed by atoms with Crippen molar-refractivity contribution in [1.82, 2.24) is 19.6 Å². The maximum atomic E-state index is 8.98. The second-order valence-corrected chi connectivity index (χ2v) is 5.17. The van der Waals surface area contributed by atoms with Crippen molar-refractivity contribution in [3.8, 4) is 17.3 Å². The van der Waals surface area contributed by atoms with Crippen molar-refractivity contribution in [2.75, 3.05) is 5.32 Å². The smallest absolute Gasteiger partial charge is 0.227 e. The topological polar surface area (TPSA) is 78.9 Å². The molecule has 6 nitrogen and oxygen atoms in total. The van der Waals surface area contributed by atoms with Gasteiger partial charge in [0, 0.05) is 23.6 Å². The van der Waals surface area contributed by atoms with Crippen LogP contribution in [0.5, 0.6) is 0 Å². The fourth-order valence-electron chi connectivity index (χ4n) is 2.50. The summed E-state index contributed by atoms with van der Waals surface area (Å²) in [5, 5.41) is 16.4. The summed E-state index contributed by atoms with van der Waals surface area (Å²) in [4.78, 5) is 8.81. The third kappa shape index (κ3) is 2.55. The molecule has 0 spiro atoms. The Morgan fingerprint density at radius 2 is 2.04 bits per heavy atom. The molecule has 0 unspecified atom stereocenters. The number of hydrogen-bond acceptors (Lipinski definition) is 5. The van der Waals surface area contributed by atoms with E-state index in [0.29, 0.717) is 11.5 Å². The fraction of sp³-hybridized carbons (Fsp3) is 0. The first kappa shape index (κ1) is 13.9. The van der Waals surface area contributed by atoms with Gasteiger partial charge in [-0.25, -0.2) is 14.5 Å². The van der Waals surface area contributed by atoms with Crippen LogP contribution in [-0.4, -0.2) is 19.6 Å². The molecule has 0 saturated carbocycles. The van der Waals surface area contributed by atoms with Gasteiger partial charge >= 0.3 is 0 Å². The zero-order valence-electron chi connectivity index (χ0n) is 12.6. The van der Waals surface area contributed by atoms with Gasteiger partial charge in [0.05, 0.1) is 29.0 Å². The zero-order chi connectivity index (χ0) is 16.4. The molecule has 24 heavy (non-hydrogen) atoms. The van der Waals surface area contributed by atoms with Gasteiger partial charge in [-0.15, -0.1) is 0 Å². The Labute approximate surface area is 138 Å². The van der Waals surface area contributed by atoms with Gasteiger partial charge in [-0.2, -0.15) is 10.4 Å². The molecule has 1 N–H and O–H groups in total. The van der Waals surface area contributed by atoms with Crippen molar-refractivity contribution in [3.05, 3.63) is 72.7 Å². The minimum atomic E-state index is 0.470. The molecule has 4 aromatic rings. The van der Waals surface area contributed by atoms with E-state index in [1.54, 1.807) is 29.0 Å². The molecule has 0 aliphatic rings. The zero-order valence-corrected chi connectivity index (χ0v) is 12.6. The Hall–Kier alpha value is -3.72. The Balaban J connectivity index is 1.70. The first-order valence-corrected chi connectivity index (χ1v) is 7.36. The van der Waals surface area contributed by atoms with Gasteiger partial charge in [-0.05, 0) is 36.4 Å². The number of hydrogen-bond donors (Lipinski definition) is 1. The molecule has 3 heterocycles. The highest BCUT2D eigenvalue weighted by Crippen LogP contribution is 2.23. The van der Waals surface area contributed by atoms with Crippen molar-refractivity contribution in [2.24, 2.45) is 0 Å².